The Morgan fingerprint density at radius 3 is 2.64 bits per heavy atom. The summed E-state index contributed by atoms with van der Waals surface area (Å²) in [4.78, 5) is 12.0. The van der Waals surface area contributed by atoms with Gasteiger partial charge in [0.05, 0.1) is 7.11 Å². The molecule has 1 amide bonds. The fourth-order valence-electron chi connectivity index (χ4n) is 3.14. The number of hydrogen-bond acceptors (Lipinski definition) is 4. The highest BCUT2D eigenvalue weighted by Crippen LogP contribution is 2.34. The van der Waals surface area contributed by atoms with E-state index in [1.54, 1.807) is 7.11 Å². The highest BCUT2D eigenvalue weighted by atomic mass is 16.5. The van der Waals surface area contributed by atoms with Crippen molar-refractivity contribution in [2.45, 2.75) is 25.4 Å². The average molecular weight is 340 g/mol. The molecule has 1 heterocycles. The monoisotopic (exact) mass is 340 g/mol. The van der Waals surface area contributed by atoms with Gasteiger partial charge in [-0.1, -0.05) is 36.4 Å². The van der Waals surface area contributed by atoms with Crippen LogP contribution in [0.15, 0.2) is 48.5 Å². The fourth-order valence-corrected chi connectivity index (χ4v) is 3.14. The summed E-state index contributed by atoms with van der Waals surface area (Å²) in [6.45, 7) is 2.30. The summed E-state index contributed by atoms with van der Waals surface area (Å²) in [6, 6.07) is 15.4. The Morgan fingerprint density at radius 2 is 1.92 bits per heavy atom. The van der Waals surface area contributed by atoms with Gasteiger partial charge in [-0.05, 0) is 49.0 Å². The smallest absolute Gasteiger partial charge is 0.411 e. The van der Waals surface area contributed by atoms with Crippen LogP contribution in [-0.4, -0.2) is 26.3 Å². The number of carbonyl (C=O) groups excluding carboxylic acids is 1. The summed E-state index contributed by atoms with van der Waals surface area (Å²) in [5, 5.41) is 6.14. The van der Waals surface area contributed by atoms with E-state index in [0.29, 0.717) is 11.6 Å². The molecule has 0 unspecified atom stereocenters. The number of benzene rings is 2. The topological polar surface area (TPSA) is 59.6 Å². The third kappa shape index (κ3) is 4.73. The number of piperidine rings is 1. The molecule has 1 fully saturated rings. The van der Waals surface area contributed by atoms with Crippen LogP contribution in [0.4, 0.5) is 10.5 Å². The van der Waals surface area contributed by atoms with Crippen LogP contribution in [0.5, 0.6) is 5.75 Å². The van der Waals surface area contributed by atoms with Crippen LogP contribution in [0.1, 0.15) is 29.9 Å². The first-order valence-corrected chi connectivity index (χ1v) is 8.62. The molecule has 132 valence electrons. The van der Waals surface area contributed by atoms with Crippen molar-refractivity contribution in [2.24, 2.45) is 0 Å². The number of hydrogen-bond donors (Lipinski definition) is 2. The predicted molar refractivity (Wildman–Crippen MR) is 98.1 cm³/mol. The lowest BCUT2D eigenvalue weighted by molar-refractivity contribution is 0.155. The first-order valence-electron chi connectivity index (χ1n) is 8.62. The standard InChI is InChI=1S/C20H24N2O3/c1-24-19-13-17(7-8-18(19)16-9-11-21-12-10-16)22-20(23)25-14-15-5-3-2-4-6-15/h2-8,13,16,21H,9-12,14H2,1H3,(H,22,23). The molecule has 1 aliphatic heterocycles. The molecule has 2 aromatic carbocycles. The van der Waals surface area contributed by atoms with Gasteiger partial charge in [0.25, 0.3) is 0 Å². The predicted octanol–water partition coefficient (Wildman–Crippen LogP) is 3.91. The van der Waals surface area contributed by atoms with Gasteiger partial charge in [0.2, 0.25) is 0 Å². The Hall–Kier alpha value is -2.53. The summed E-state index contributed by atoms with van der Waals surface area (Å²) in [5.41, 5.74) is 2.83. The van der Waals surface area contributed by atoms with E-state index in [0.717, 1.165) is 37.2 Å². The minimum atomic E-state index is -0.472. The number of amides is 1. The molecule has 0 saturated carbocycles. The zero-order valence-electron chi connectivity index (χ0n) is 14.5. The van der Waals surface area contributed by atoms with Crippen LogP contribution >= 0.6 is 0 Å². The molecule has 0 spiro atoms. The molecule has 2 aromatic rings. The van der Waals surface area contributed by atoms with E-state index in [9.17, 15) is 4.79 Å². The number of methoxy groups -OCH3 is 1. The zero-order chi connectivity index (χ0) is 17.5. The number of anilines is 1. The van der Waals surface area contributed by atoms with Crippen molar-refractivity contribution in [3.63, 3.8) is 0 Å². The van der Waals surface area contributed by atoms with E-state index in [2.05, 4.69) is 10.6 Å². The molecule has 0 aromatic heterocycles. The van der Waals surface area contributed by atoms with Crippen molar-refractivity contribution in [3.8, 4) is 5.75 Å². The Morgan fingerprint density at radius 1 is 1.16 bits per heavy atom. The summed E-state index contributed by atoms with van der Waals surface area (Å²) < 4.78 is 10.8. The molecule has 2 N–H and O–H groups in total. The molecule has 1 saturated heterocycles. The summed E-state index contributed by atoms with van der Waals surface area (Å²) in [6.07, 6.45) is 1.73. The van der Waals surface area contributed by atoms with Gasteiger partial charge in [-0.3, -0.25) is 5.32 Å². The Labute approximate surface area is 148 Å². The number of carbonyl (C=O) groups is 1. The molecule has 25 heavy (non-hydrogen) atoms. The SMILES string of the molecule is COc1cc(NC(=O)OCc2ccccc2)ccc1C1CCNCC1. The highest BCUT2D eigenvalue weighted by Gasteiger charge is 2.19. The Kier molecular flexibility index (Phi) is 5.90. The first-order chi connectivity index (χ1) is 12.3. The summed E-state index contributed by atoms with van der Waals surface area (Å²) >= 11 is 0. The van der Waals surface area contributed by atoms with Gasteiger partial charge >= 0.3 is 6.09 Å². The molecule has 0 atom stereocenters. The molecular formula is C20H24N2O3. The largest absolute Gasteiger partial charge is 0.496 e. The van der Waals surface area contributed by atoms with E-state index >= 15 is 0 Å². The van der Waals surface area contributed by atoms with Gasteiger partial charge in [-0.15, -0.1) is 0 Å². The first kappa shape index (κ1) is 17.3. The maximum absolute atomic E-state index is 12.0. The van der Waals surface area contributed by atoms with Crippen molar-refractivity contribution in [1.29, 1.82) is 0 Å². The van der Waals surface area contributed by atoms with Crippen LogP contribution in [-0.2, 0) is 11.3 Å². The van der Waals surface area contributed by atoms with Gasteiger partial charge < -0.3 is 14.8 Å². The van der Waals surface area contributed by atoms with Crippen molar-refractivity contribution in [3.05, 3.63) is 59.7 Å². The third-order valence-electron chi connectivity index (χ3n) is 4.47. The molecule has 5 heteroatoms. The van der Waals surface area contributed by atoms with Crippen molar-refractivity contribution in [2.75, 3.05) is 25.5 Å². The second-order valence-corrected chi connectivity index (χ2v) is 6.17. The Balaban J connectivity index is 1.61. The minimum Gasteiger partial charge on any atom is -0.496 e. The van der Waals surface area contributed by atoms with Crippen LogP contribution in [0.2, 0.25) is 0 Å². The second-order valence-electron chi connectivity index (χ2n) is 6.17. The molecular weight excluding hydrogens is 316 g/mol. The van der Waals surface area contributed by atoms with Gasteiger partial charge in [-0.2, -0.15) is 0 Å². The summed E-state index contributed by atoms with van der Waals surface area (Å²) in [5.74, 6) is 1.31. The maximum atomic E-state index is 12.0. The van der Waals surface area contributed by atoms with Gasteiger partial charge in [0.15, 0.2) is 0 Å². The lowest BCUT2D eigenvalue weighted by atomic mass is 9.89. The molecule has 1 aliphatic rings. The zero-order valence-corrected chi connectivity index (χ0v) is 14.5. The summed E-state index contributed by atoms with van der Waals surface area (Å²) in [7, 11) is 1.66. The molecule has 0 bridgehead atoms. The number of nitrogens with one attached hydrogen (secondary N) is 2. The van der Waals surface area contributed by atoms with Crippen LogP contribution < -0.4 is 15.4 Å². The molecule has 0 radical (unpaired) electrons. The van der Waals surface area contributed by atoms with Crippen LogP contribution in [0.25, 0.3) is 0 Å². The number of ether oxygens (including phenoxy) is 2. The van der Waals surface area contributed by atoms with E-state index < -0.39 is 6.09 Å². The fraction of sp³-hybridized carbons (Fsp3) is 0.350. The van der Waals surface area contributed by atoms with Crippen molar-refractivity contribution >= 4 is 11.8 Å². The minimum absolute atomic E-state index is 0.247. The quantitative estimate of drug-likeness (QED) is 0.866. The van der Waals surface area contributed by atoms with E-state index in [-0.39, 0.29) is 6.61 Å². The molecule has 5 nitrogen and oxygen atoms in total. The van der Waals surface area contributed by atoms with Crippen LogP contribution in [0.3, 0.4) is 0 Å². The molecule has 3 rings (SSSR count). The Bertz CT molecular complexity index is 697. The second kappa shape index (κ2) is 8.53. The lowest BCUT2D eigenvalue weighted by Crippen LogP contribution is -2.26. The number of rotatable bonds is 5. The van der Waals surface area contributed by atoms with Crippen molar-refractivity contribution < 1.29 is 14.3 Å². The van der Waals surface area contributed by atoms with Gasteiger partial charge in [-0.25, -0.2) is 4.79 Å². The van der Waals surface area contributed by atoms with E-state index in [1.165, 1.54) is 5.56 Å². The molecule has 0 aliphatic carbocycles. The van der Waals surface area contributed by atoms with Crippen LogP contribution in [0, 0.1) is 0 Å². The highest BCUT2D eigenvalue weighted by molar-refractivity contribution is 5.85. The maximum Gasteiger partial charge on any atom is 0.411 e. The lowest BCUT2D eigenvalue weighted by Gasteiger charge is -2.24. The van der Waals surface area contributed by atoms with E-state index in [1.807, 2.05) is 48.5 Å². The van der Waals surface area contributed by atoms with Gasteiger partial charge in [0.1, 0.15) is 12.4 Å². The van der Waals surface area contributed by atoms with E-state index in [4.69, 9.17) is 9.47 Å². The normalized spacial score (nSPS) is 14.8. The third-order valence-corrected chi connectivity index (χ3v) is 4.47. The van der Waals surface area contributed by atoms with Gasteiger partial charge in [0, 0.05) is 11.8 Å². The van der Waals surface area contributed by atoms with Crippen molar-refractivity contribution in [1.82, 2.24) is 5.32 Å². The average Bonchev–Trinajstić information content (AvgIpc) is 2.68.